The van der Waals surface area contributed by atoms with Crippen LogP contribution in [-0.4, -0.2) is 33.6 Å². The predicted molar refractivity (Wildman–Crippen MR) is 88.3 cm³/mol. The minimum Gasteiger partial charge on any atom is -0.508 e. The number of carbonyl (C=O) groups is 2. The van der Waals surface area contributed by atoms with Crippen molar-refractivity contribution >= 4 is 29.3 Å². The first-order chi connectivity index (χ1) is 11.1. The summed E-state index contributed by atoms with van der Waals surface area (Å²) in [5, 5.41) is 12.2. The zero-order chi connectivity index (χ0) is 16.0. The van der Waals surface area contributed by atoms with Gasteiger partial charge in [-0.25, -0.2) is 0 Å². The molecule has 5 nitrogen and oxygen atoms in total. The van der Waals surface area contributed by atoms with Gasteiger partial charge in [0.15, 0.2) is 0 Å². The van der Waals surface area contributed by atoms with Crippen LogP contribution in [0, 0.1) is 0 Å². The molecule has 2 atom stereocenters. The molecule has 0 unspecified atom stereocenters. The van der Waals surface area contributed by atoms with Crippen molar-refractivity contribution in [2.75, 3.05) is 11.1 Å². The Kier molecular flexibility index (Phi) is 3.27. The van der Waals surface area contributed by atoms with Crippen LogP contribution in [-0.2, 0) is 4.79 Å². The van der Waals surface area contributed by atoms with Crippen LogP contribution in [0.1, 0.15) is 21.3 Å². The zero-order valence-corrected chi connectivity index (χ0v) is 12.9. The smallest absolute Gasteiger partial charge is 0.256 e. The molecule has 23 heavy (non-hydrogen) atoms. The third-order valence-corrected chi connectivity index (χ3v) is 5.41. The topological polar surface area (TPSA) is 69.6 Å². The number of hydrogen-bond acceptors (Lipinski definition) is 4. The van der Waals surface area contributed by atoms with Gasteiger partial charge >= 0.3 is 0 Å². The molecule has 0 aliphatic carbocycles. The van der Waals surface area contributed by atoms with Gasteiger partial charge in [-0.3, -0.25) is 9.59 Å². The van der Waals surface area contributed by atoms with Crippen molar-refractivity contribution in [3.63, 3.8) is 0 Å². The fourth-order valence-electron chi connectivity index (χ4n) is 3.05. The number of benzene rings is 2. The molecule has 2 aromatic rings. The molecular weight excluding hydrogens is 312 g/mol. The van der Waals surface area contributed by atoms with Gasteiger partial charge in [0.1, 0.15) is 17.2 Å². The van der Waals surface area contributed by atoms with E-state index in [0.717, 1.165) is 5.56 Å². The number of thioether (sulfide) groups is 1. The van der Waals surface area contributed by atoms with Crippen molar-refractivity contribution in [3.8, 4) is 5.75 Å². The number of nitrogens with zero attached hydrogens (tertiary/aromatic N) is 1. The van der Waals surface area contributed by atoms with E-state index in [2.05, 4.69) is 5.32 Å². The van der Waals surface area contributed by atoms with Gasteiger partial charge in [0.05, 0.1) is 0 Å². The van der Waals surface area contributed by atoms with E-state index >= 15 is 0 Å². The highest BCUT2D eigenvalue weighted by atomic mass is 32.2. The monoisotopic (exact) mass is 326 g/mol. The largest absolute Gasteiger partial charge is 0.508 e. The van der Waals surface area contributed by atoms with E-state index in [1.165, 1.54) is 12.1 Å². The average molecular weight is 326 g/mol. The molecule has 116 valence electrons. The Morgan fingerprint density at radius 3 is 2.87 bits per heavy atom. The van der Waals surface area contributed by atoms with Crippen molar-refractivity contribution in [2.24, 2.45) is 0 Å². The lowest BCUT2D eigenvalue weighted by molar-refractivity contribution is -0.119. The predicted octanol–water partition coefficient (Wildman–Crippen LogP) is 2.60. The van der Waals surface area contributed by atoms with Crippen LogP contribution in [0.15, 0.2) is 48.5 Å². The number of phenolic OH excluding ortho intramolecular Hbond substituents is 1. The third kappa shape index (κ3) is 2.26. The van der Waals surface area contributed by atoms with E-state index in [4.69, 9.17) is 0 Å². The maximum atomic E-state index is 12.6. The number of hydrogen-bond donors (Lipinski definition) is 2. The molecule has 2 amide bonds. The van der Waals surface area contributed by atoms with Gasteiger partial charge < -0.3 is 15.3 Å². The molecule has 0 radical (unpaired) electrons. The fourth-order valence-corrected chi connectivity index (χ4v) is 4.52. The van der Waals surface area contributed by atoms with E-state index < -0.39 is 6.04 Å². The highest BCUT2D eigenvalue weighted by molar-refractivity contribution is 7.99. The Bertz CT molecular complexity index is 808. The van der Waals surface area contributed by atoms with Crippen molar-refractivity contribution in [3.05, 3.63) is 59.7 Å². The van der Waals surface area contributed by atoms with Gasteiger partial charge in [-0.1, -0.05) is 24.3 Å². The van der Waals surface area contributed by atoms with E-state index in [0.29, 0.717) is 17.0 Å². The second kappa shape index (κ2) is 5.31. The summed E-state index contributed by atoms with van der Waals surface area (Å²) in [4.78, 5) is 26.8. The second-order valence-electron chi connectivity index (χ2n) is 5.54. The standard InChI is InChI=1S/C17H14N2O3S/c20-11-5-3-4-10(8-11)18-15(21)14-9-23-17-13-7-2-1-6-12(13)16(22)19(14)17/h1-8,14,17,20H,9H2,(H,18,21)/t14-,17+/m0/s1. The molecule has 2 aliphatic heterocycles. The molecule has 2 aliphatic rings. The maximum Gasteiger partial charge on any atom is 0.256 e. The van der Waals surface area contributed by atoms with Crippen molar-refractivity contribution in [2.45, 2.75) is 11.4 Å². The molecule has 0 aromatic heterocycles. The van der Waals surface area contributed by atoms with Crippen molar-refractivity contribution in [1.29, 1.82) is 0 Å². The van der Waals surface area contributed by atoms with Gasteiger partial charge in [-0.2, -0.15) is 0 Å². The lowest BCUT2D eigenvalue weighted by Crippen LogP contribution is -2.42. The summed E-state index contributed by atoms with van der Waals surface area (Å²) in [6.45, 7) is 0. The van der Waals surface area contributed by atoms with Crippen LogP contribution in [0.5, 0.6) is 5.75 Å². The minimum atomic E-state index is -0.507. The number of amides is 2. The summed E-state index contributed by atoms with van der Waals surface area (Å²) < 4.78 is 0. The molecule has 0 spiro atoms. The van der Waals surface area contributed by atoms with Crippen LogP contribution in [0.3, 0.4) is 0 Å². The summed E-state index contributed by atoms with van der Waals surface area (Å²) in [6, 6.07) is 13.4. The number of aromatic hydroxyl groups is 1. The van der Waals surface area contributed by atoms with Crippen LogP contribution in [0.25, 0.3) is 0 Å². The lowest BCUT2D eigenvalue weighted by Gasteiger charge is -2.22. The van der Waals surface area contributed by atoms with Gasteiger partial charge in [0, 0.05) is 23.1 Å². The summed E-state index contributed by atoms with van der Waals surface area (Å²) in [6.07, 6.45) is 0. The summed E-state index contributed by atoms with van der Waals surface area (Å²) >= 11 is 1.60. The Labute approximate surface area is 137 Å². The molecule has 1 saturated heterocycles. The molecule has 4 rings (SSSR count). The summed E-state index contributed by atoms with van der Waals surface area (Å²) in [5.41, 5.74) is 2.18. The first kappa shape index (κ1) is 14.1. The van der Waals surface area contributed by atoms with E-state index in [9.17, 15) is 14.7 Å². The van der Waals surface area contributed by atoms with Crippen molar-refractivity contribution in [1.82, 2.24) is 4.90 Å². The third-order valence-electron chi connectivity index (χ3n) is 4.11. The maximum absolute atomic E-state index is 12.6. The van der Waals surface area contributed by atoms with Crippen LogP contribution in [0.2, 0.25) is 0 Å². The molecule has 2 N–H and O–H groups in total. The number of anilines is 1. The molecule has 2 heterocycles. The molecule has 2 aromatic carbocycles. The van der Waals surface area contributed by atoms with Gasteiger partial charge in [-0.15, -0.1) is 11.8 Å². The van der Waals surface area contributed by atoms with Gasteiger partial charge in [0.25, 0.3) is 5.91 Å². The quantitative estimate of drug-likeness (QED) is 0.890. The lowest BCUT2D eigenvalue weighted by atomic mass is 10.1. The van der Waals surface area contributed by atoms with E-state index in [1.54, 1.807) is 34.9 Å². The Morgan fingerprint density at radius 2 is 2.04 bits per heavy atom. The number of carbonyl (C=O) groups excluding carboxylic acids is 2. The van der Waals surface area contributed by atoms with Crippen LogP contribution >= 0.6 is 11.8 Å². The molecule has 1 fully saturated rings. The first-order valence-electron chi connectivity index (χ1n) is 7.28. The van der Waals surface area contributed by atoms with Crippen LogP contribution < -0.4 is 5.32 Å². The number of nitrogens with one attached hydrogen (secondary N) is 1. The average Bonchev–Trinajstić information content (AvgIpc) is 3.09. The number of phenols is 1. The van der Waals surface area contributed by atoms with Gasteiger partial charge in [-0.05, 0) is 23.8 Å². The van der Waals surface area contributed by atoms with E-state index in [1.807, 2.05) is 18.2 Å². The fraction of sp³-hybridized carbons (Fsp3) is 0.176. The first-order valence-corrected chi connectivity index (χ1v) is 8.33. The molecule has 0 saturated carbocycles. The van der Waals surface area contributed by atoms with Crippen LogP contribution in [0.4, 0.5) is 5.69 Å². The Hall–Kier alpha value is -2.47. The van der Waals surface area contributed by atoms with E-state index in [-0.39, 0.29) is 22.9 Å². The minimum absolute atomic E-state index is 0.0846. The molecule has 6 heteroatoms. The Balaban J connectivity index is 1.58. The second-order valence-corrected chi connectivity index (χ2v) is 6.65. The van der Waals surface area contributed by atoms with Crippen molar-refractivity contribution < 1.29 is 14.7 Å². The van der Waals surface area contributed by atoms with Gasteiger partial charge in [0.2, 0.25) is 5.91 Å². The summed E-state index contributed by atoms with van der Waals surface area (Å²) in [7, 11) is 0. The highest BCUT2D eigenvalue weighted by Crippen LogP contribution is 2.48. The SMILES string of the molecule is O=C(Nc1cccc(O)c1)[C@@H]1CS[C@@H]2c3ccccc3C(=O)N21. The normalized spacial score (nSPS) is 21.9. The number of fused-ring (bicyclic) bond motifs is 3. The zero-order valence-electron chi connectivity index (χ0n) is 12.1. The Morgan fingerprint density at radius 1 is 1.22 bits per heavy atom. The highest BCUT2D eigenvalue weighted by Gasteiger charge is 2.48. The summed E-state index contributed by atoms with van der Waals surface area (Å²) in [5.74, 6) is 0.333. The number of rotatable bonds is 2. The molecule has 0 bridgehead atoms. The molecular formula is C17H14N2O3S.